The quantitative estimate of drug-likeness (QED) is 0.201. The zero-order chi connectivity index (χ0) is 28.3. The average molecular weight is 547 g/mol. The molecule has 0 atom stereocenters. The second kappa shape index (κ2) is 9.44. The van der Waals surface area contributed by atoms with Gasteiger partial charge in [0.2, 0.25) is 0 Å². The first-order valence-corrected chi connectivity index (χ1v) is 14.8. The number of furan rings is 1. The molecular formula is C42H26O. The van der Waals surface area contributed by atoms with Crippen LogP contribution in [0.25, 0.3) is 87.6 Å². The maximum atomic E-state index is 6.77. The third-order valence-corrected chi connectivity index (χ3v) is 8.87. The molecule has 0 amide bonds. The molecule has 0 fully saturated rings. The fourth-order valence-corrected chi connectivity index (χ4v) is 7.06. The molecule has 0 saturated heterocycles. The van der Waals surface area contributed by atoms with E-state index in [1.54, 1.807) is 0 Å². The Morgan fingerprint density at radius 2 is 0.837 bits per heavy atom. The van der Waals surface area contributed by atoms with Gasteiger partial charge in [0.1, 0.15) is 11.2 Å². The van der Waals surface area contributed by atoms with E-state index in [1.807, 2.05) is 0 Å². The Bertz CT molecular complexity index is 2440. The van der Waals surface area contributed by atoms with E-state index >= 15 is 0 Å². The average Bonchev–Trinajstić information content (AvgIpc) is 3.47. The molecule has 9 rings (SSSR count). The van der Waals surface area contributed by atoms with Crippen molar-refractivity contribution in [3.63, 3.8) is 0 Å². The van der Waals surface area contributed by atoms with E-state index in [9.17, 15) is 0 Å². The molecule has 1 heterocycles. The highest BCUT2D eigenvalue weighted by molar-refractivity contribution is 6.26. The molecule has 0 N–H and O–H groups in total. The minimum atomic E-state index is 0.903. The molecule has 0 aliphatic heterocycles. The summed E-state index contributed by atoms with van der Waals surface area (Å²) in [4.78, 5) is 0. The predicted octanol–water partition coefficient (Wildman–Crippen LogP) is 12.0. The van der Waals surface area contributed by atoms with E-state index in [4.69, 9.17) is 4.42 Å². The number of benzene rings is 8. The number of rotatable bonds is 3. The van der Waals surface area contributed by atoms with Crippen LogP contribution in [-0.4, -0.2) is 0 Å². The summed E-state index contributed by atoms with van der Waals surface area (Å²) >= 11 is 0. The van der Waals surface area contributed by atoms with Crippen molar-refractivity contribution in [3.8, 4) is 33.4 Å². The Morgan fingerprint density at radius 1 is 0.326 bits per heavy atom. The summed E-state index contributed by atoms with van der Waals surface area (Å²) in [6.07, 6.45) is 0. The van der Waals surface area contributed by atoms with Crippen LogP contribution in [-0.2, 0) is 0 Å². The minimum absolute atomic E-state index is 0.903. The lowest BCUT2D eigenvalue weighted by atomic mass is 9.85. The molecule has 200 valence electrons. The van der Waals surface area contributed by atoms with Gasteiger partial charge in [0.05, 0.1) is 0 Å². The topological polar surface area (TPSA) is 13.1 Å². The van der Waals surface area contributed by atoms with Gasteiger partial charge in [-0.25, -0.2) is 0 Å². The summed E-state index contributed by atoms with van der Waals surface area (Å²) in [6, 6.07) is 56.6. The summed E-state index contributed by atoms with van der Waals surface area (Å²) in [5, 5.41) is 9.74. The standard InChI is InChI=1S/C42H26O/c1-2-14-28(15-3-1)39-31-18-6-8-20-33(31)40(34-21-9-7-19-32(34)39)36-24-12-26-38-41(36)37-25-11-23-35(42(37)43-38)30-22-10-16-27-13-4-5-17-29(27)30/h1-26H. The van der Waals surface area contributed by atoms with Crippen LogP contribution in [0.1, 0.15) is 0 Å². The van der Waals surface area contributed by atoms with Crippen LogP contribution in [0.2, 0.25) is 0 Å². The molecule has 0 bridgehead atoms. The van der Waals surface area contributed by atoms with Gasteiger partial charge in [-0.2, -0.15) is 0 Å². The Balaban J connectivity index is 1.40. The first-order valence-electron chi connectivity index (χ1n) is 14.8. The SMILES string of the molecule is c1ccc(-c2c3ccccc3c(-c3cccc4oc5c(-c6cccc7ccccc67)cccc5c34)c3ccccc23)cc1. The lowest BCUT2D eigenvalue weighted by Gasteiger charge is -2.18. The third-order valence-electron chi connectivity index (χ3n) is 8.87. The zero-order valence-corrected chi connectivity index (χ0v) is 23.4. The first kappa shape index (κ1) is 24.0. The molecule has 0 radical (unpaired) electrons. The van der Waals surface area contributed by atoms with Crippen LogP contribution in [0.3, 0.4) is 0 Å². The van der Waals surface area contributed by atoms with Crippen LogP contribution < -0.4 is 0 Å². The molecule has 0 aliphatic carbocycles. The third kappa shape index (κ3) is 3.58. The number of hydrogen-bond donors (Lipinski definition) is 0. The maximum absolute atomic E-state index is 6.77. The van der Waals surface area contributed by atoms with Crippen molar-refractivity contribution in [3.05, 3.63) is 158 Å². The molecule has 9 aromatic rings. The van der Waals surface area contributed by atoms with Crippen molar-refractivity contribution >= 4 is 54.3 Å². The molecule has 0 saturated carbocycles. The Morgan fingerprint density at radius 3 is 1.58 bits per heavy atom. The van der Waals surface area contributed by atoms with Crippen LogP contribution >= 0.6 is 0 Å². The largest absolute Gasteiger partial charge is 0.455 e. The van der Waals surface area contributed by atoms with Gasteiger partial charge in [-0.1, -0.05) is 152 Å². The molecule has 43 heavy (non-hydrogen) atoms. The van der Waals surface area contributed by atoms with Crippen molar-refractivity contribution in [1.29, 1.82) is 0 Å². The number of para-hydroxylation sites is 1. The highest BCUT2D eigenvalue weighted by Gasteiger charge is 2.21. The maximum Gasteiger partial charge on any atom is 0.143 e. The van der Waals surface area contributed by atoms with E-state index in [0.29, 0.717) is 0 Å². The summed E-state index contributed by atoms with van der Waals surface area (Å²) < 4.78 is 6.77. The molecule has 8 aromatic carbocycles. The smallest absolute Gasteiger partial charge is 0.143 e. The first-order chi connectivity index (χ1) is 21.4. The summed E-state index contributed by atoms with van der Waals surface area (Å²) in [5.41, 5.74) is 9.08. The van der Waals surface area contributed by atoms with Gasteiger partial charge in [-0.3, -0.25) is 0 Å². The lowest BCUT2D eigenvalue weighted by molar-refractivity contribution is 0.670. The minimum Gasteiger partial charge on any atom is -0.455 e. The van der Waals surface area contributed by atoms with Gasteiger partial charge < -0.3 is 4.42 Å². The van der Waals surface area contributed by atoms with Crippen molar-refractivity contribution in [2.75, 3.05) is 0 Å². The summed E-state index contributed by atoms with van der Waals surface area (Å²) in [6.45, 7) is 0. The Kier molecular flexibility index (Phi) is 5.27. The fraction of sp³-hybridized carbons (Fsp3) is 0. The Hall–Kier alpha value is -5.66. The van der Waals surface area contributed by atoms with Crippen molar-refractivity contribution < 1.29 is 4.42 Å². The molecule has 1 heteroatoms. The van der Waals surface area contributed by atoms with Crippen LogP contribution in [0.5, 0.6) is 0 Å². The normalized spacial score (nSPS) is 11.7. The second-order valence-corrected chi connectivity index (χ2v) is 11.2. The van der Waals surface area contributed by atoms with E-state index in [0.717, 1.165) is 27.5 Å². The summed E-state index contributed by atoms with van der Waals surface area (Å²) in [7, 11) is 0. The van der Waals surface area contributed by atoms with Gasteiger partial charge in [-0.05, 0) is 66.2 Å². The van der Waals surface area contributed by atoms with Gasteiger partial charge >= 0.3 is 0 Å². The van der Waals surface area contributed by atoms with E-state index in [2.05, 4.69) is 158 Å². The van der Waals surface area contributed by atoms with Crippen molar-refractivity contribution in [2.24, 2.45) is 0 Å². The predicted molar refractivity (Wildman–Crippen MR) is 183 cm³/mol. The zero-order valence-electron chi connectivity index (χ0n) is 23.4. The fourth-order valence-electron chi connectivity index (χ4n) is 7.06. The van der Waals surface area contributed by atoms with Crippen LogP contribution in [0.15, 0.2) is 162 Å². The number of fused-ring (bicyclic) bond motifs is 6. The van der Waals surface area contributed by atoms with E-state index in [1.165, 1.54) is 60.1 Å². The van der Waals surface area contributed by atoms with Crippen molar-refractivity contribution in [2.45, 2.75) is 0 Å². The molecular weight excluding hydrogens is 520 g/mol. The molecule has 0 unspecified atom stereocenters. The highest BCUT2D eigenvalue weighted by atomic mass is 16.3. The van der Waals surface area contributed by atoms with Gasteiger partial charge in [0.25, 0.3) is 0 Å². The van der Waals surface area contributed by atoms with Gasteiger partial charge in [0, 0.05) is 16.3 Å². The van der Waals surface area contributed by atoms with Crippen LogP contribution in [0, 0.1) is 0 Å². The second-order valence-electron chi connectivity index (χ2n) is 11.2. The molecule has 0 spiro atoms. The molecule has 1 aromatic heterocycles. The lowest BCUT2D eigenvalue weighted by Crippen LogP contribution is -1.91. The highest BCUT2D eigenvalue weighted by Crippen LogP contribution is 2.47. The van der Waals surface area contributed by atoms with E-state index in [-0.39, 0.29) is 0 Å². The van der Waals surface area contributed by atoms with Crippen LogP contribution in [0.4, 0.5) is 0 Å². The van der Waals surface area contributed by atoms with Gasteiger partial charge in [-0.15, -0.1) is 0 Å². The molecule has 1 nitrogen and oxygen atoms in total. The van der Waals surface area contributed by atoms with Crippen molar-refractivity contribution in [1.82, 2.24) is 0 Å². The number of hydrogen-bond acceptors (Lipinski definition) is 1. The molecule has 0 aliphatic rings. The van der Waals surface area contributed by atoms with E-state index < -0.39 is 0 Å². The Labute approximate surface area is 249 Å². The summed E-state index contributed by atoms with van der Waals surface area (Å²) in [5.74, 6) is 0. The monoisotopic (exact) mass is 546 g/mol. The van der Waals surface area contributed by atoms with Gasteiger partial charge in [0.15, 0.2) is 0 Å².